The molecule has 2 rings (SSSR count). The zero-order valence-corrected chi connectivity index (χ0v) is 14.8. The summed E-state index contributed by atoms with van der Waals surface area (Å²) in [5.41, 5.74) is 9.23. The van der Waals surface area contributed by atoms with E-state index in [0.717, 1.165) is 24.3 Å². The zero-order valence-electron chi connectivity index (χ0n) is 14.8. The largest absolute Gasteiger partial charge is 0.397 e. The second-order valence-electron chi connectivity index (χ2n) is 5.72. The van der Waals surface area contributed by atoms with Gasteiger partial charge in [0.05, 0.1) is 11.4 Å². The standard InChI is InChI=1S/C19H24N4O2/c1-4-23(5-2)15-9-7-14(8-10-15)21-18(24)19(25)22-17-12-13(3)6-11-16(17)20/h6-12H,4-5,20H2,1-3H3,(H,21,24)(H,22,25). The fourth-order valence-corrected chi connectivity index (χ4v) is 2.49. The topological polar surface area (TPSA) is 87.5 Å². The van der Waals surface area contributed by atoms with Gasteiger partial charge >= 0.3 is 11.8 Å². The average molecular weight is 340 g/mol. The van der Waals surface area contributed by atoms with Crippen LogP contribution in [0, 0.1) is 6.92 Å². The van der Waals surface area contributed by atoms with Crippen molar-refractivity contribution in [2.75, 3.05) is 34.4 Å². The van der Waals surface area contributed by atoms with Gasteiger partial charge in [0.25, 0.3) is 0 Å². The minimum absolute atomic E-state index is 0.412. The Bertz CT molecular complexity index is 753. The molecule has 0 aliphatic heterocycles. The van der Waals surface area contributed by atoms with E-state index in [0.29, 0.717) is 17.1 Å². The van der Waals surface area contributed by atoms with Crippen molar-refractivity contribution < 1.29 is 9.59 Å². The van der Waals surface area contributed by atoms with Crippen molar-refractivity contribution in [3.63, 3.8) is 0 Å². The van der Waals surface area contributed by atoms with E-state index < -0.39 is 11.8 Å². The average Bonchev–Trinajstić information content (AvgIpc) is 2.60. The van der Waals surface area contributed by atoms with E-state index in [1.54, 1.807) is 24.3 Å². The van der Waals surface area contributed by atoms with Gasteiger partial charge in [-0.25, -0.2) is 0 Å². The second-order valence-corrected chi connectivity index (χ2v) is 5.72. The molecule has 0 aliphatic rings. The summed E-state index contributed by atoms with van der Waals surface area (Å²) < 4.78 is 0. The highest BCUT2D eigenvalue weighted by Crippen LogP contribution is 2.20. The van der Waals surface area contributed by atoms with Crippen molar-refractivity contribution in [1.82, 2.24) is 0 Å². The van der Waals surface area contributed by atoms with Gasteiger partial charge in [0.2, 0.25) is 0 Å². The lowest BCUT2D eigenvalue weighted by molar-refractivity contribution is -0.132. The fourth-order valence-electron chi connectivity index (χ4n) is 2.49. The predicted octanol–water partition coefficient (Wildman–Crippen LogP) is 3.00. The minimum Gasteiger partial charge on any atom is -0.397 e. The Hall–Kier alpha value is -3.02. The van der Waals surface area contributed by atoms with Crippen LogP contribution >= 0.6 is 0 Å². The molecule has 6 heteroatoms. The minimum atomic E-state index is -0.759. The molecule has 0 aliphatic carbocycles. The number of anilines is 4. The number of aryl methyl sites for hydroxylation is 1. The molecular weight excluding hydrogens is 316 g/mol. The molecule has 0 saturated carbocycles. The Morgan fingerprint density at radius 1 is 0.960 bits per heavy atom. The van der Waals surface area contributed by atoms with Crippen LogP contribution in [0.15, 0.2) is 42.5 Å². The van der Waals surface area contributed by atoms with Crippen molar-refractivity contribution in [2.45, 2.75) is 20.8 Å². The third-order valence-corrected chi connectivity index (χ3v) is 3.92. The van der Waals surface area contributed by atoms with Gasteiger partial charge in [-0.05, 0) is 62.7 Å². The summed E-state index contributed by atoms with van der Waals surface area (Å²) in [4.78, 5) is 26.3. The normalized spacial score (nSPS) is 10.2. The summed E-state index contributed by atoms with van der Waals surface area (Å²) >= 11 is 0. The molecular formula is C19H24N4O2. The van der Waals surface area contributed by atoms with Crippen LogP contribution in [0.2, 0.25) is 0 Å². The molecule has 0 fully saturated rings. The van der Waals surface area contributed by atoms with Gasteiger partial charge in [-0.15, -0.1) is 0 Å². The monoisotopic (exact) mass is 340 g/mol. The molecule has 0 atom stereocenters. The summed E-state index contributed by atoms with van der Waals surface area (Å²) in [6, 6.07) is 12.6. The lowest BCUT2D eigenvalue weighted by Crippen LogP contribution is -2.29. The smallest absolute Gasteiger partial charge is 0.314 e. The predicted molar refractivity (Wildman–Crippen MR) is 103 cm³/mol. The van der Waals surface area contributed by atoms with Crippen molar-refractivity contribution in [1.29, 1.82) is 0 Å². The van der Waals surface area contributed by atoms with Crippen LogP contribution in [0.4, 0.5) is 22.7 Å². The number of benzene rings is 2. The molecule has 4 N–H and O–H groups in total. The van der Waals surface area contributed by atoms with Crippen LogP contribution in [-0.2, 0) is 9.59 Å². The third kappa shape index (κ3) is 4.73. The highest BCUT2D eigenvalue weighted by atomic mass is 16.2. The van der Waals surface area contributed by atoms with Crippen LogP contribution in [0.5, 0.6) is 0 Å². The van der Waals surface area contributed by atoms with Crippen molar-refractivity contribution in [3.05, 3.63) is 48.0 Å². The number of amides is 2. The maximum absolute atomic E-state index is 12.1. The Morgan fingerprint density at radius 3 is 2.16 bits per heavy atom. The van der Waals surface area contributed by atoms with Crippen LogP contribution in [-0.4, -0.2) is 24.9 Å². The number of nitrogens with two attached hydrogens (primary N) is 1. The molecule has 0 bridgehead atoms. The van der Waals surface area contributed by atoms with E-state index in [4.69, 9.17) is 5.73 Å². The van der Waals surface area contributed by atoms with E-state index in [2.05, 4.69) is 29.4 Å². The molecule has 0 unspecified atom stereocenters. The Morgan fingerprint density at radius 2 is 1.56 bits per heavy atom. The maximum atomic E-state index is 12.1. The van der Waals surface area contributed by atoms with E-state index in [9.17, 15) is 9.59 Å². The number of carbonyl (C=O) groups is 2. The highest BCUT2D eigenvalue weighted by Gasteiger charge is 2.15. The summed E-state index contributed by atoms with van der Waals surface area (Å²) in [6.45, 7) is 7.86. The SMILES string of the molecule is CCN(CC)c1ccc(NC(=O)C(=O)Nc2cc(C)ccc2N)cc1. The first kappa shape index (κ1) is 18.3. The van der Waals surface area contributed by atoms with Gasteiger partial charge < -0.3 is 21.3 Å². The molecule has 0 saturated heterocycles. The molecule has 2 aromatic rings. The molecule has 0 spiro atoms. The zero-order chi connectivity index (χ0) is 18.4. The number of hydrogen-bond donors (Lipinski definition) is 3. The summed E-state index contributed by atoms with van der Waals surface area (Å²) in [7, 11) is 0. The first-order valence-electron chi connectivity index (χ1n) is 8.28. The van der Waals surface area contributed by atoms with Crippen LogP contribution < -0.4 is 21.3 Å². The van der Waals surface area contributed by atoms with Crippen molar-refractivity contribution >= 4 is 34.6 Å². The van der Waals surface area contributed by atoms with Gasteiger partial charge in [0.15, 0.2) is 0 Å². The van der Waals surface area contributed by atoms with Gasteiger partial charge in [-0.1, -0.05) is 6.07 Å². The van der Waals surface area contributed by atoms with E-state index >= 15 is 0 Å². The number of nitrogens with zero attached hydrogens (tertiary/aromatic N) is 1. The Labute approximate surface area is 148 Å². The Kier molecular flexibility index (Phi) is 6.00. The second kappa shape index (κ2) is 8.19. The lowest BCUT2D eigenvalue weighted by atomic mass is 10.2. The molecule has 2 amide bonds. The van der Waals surface area contributed by atoms with Gasteiger partial charge in [-0.2, -0.15) is 0 Å². The van der Waals surface area contributed by atoms with Gasteiger partial charge in [0, 0.05) is 24.5 Å². The van der Waals surface area contributed by atoms with Gasteiger partial charge in [-0.3, -0.25) is 9.59 Å². The third-order valence-electron chi connectivity index (χ3n) is 3.92. The molecule has 6 nitrogen and oxygen atoms in total. The molecule has 0 aromatic heterocycles. The van der Waals surface area contributed by atoms with Crippen molar-refractivity contribution in [3.8, 4) is 0 Å². The molecule has 132 valence electrons. The first-order chi connectivity index (χ1) is 11.9. The highest BCUT2D eigenvalue weighted by molar-refractivity contribution is 6.43. The summed E-state index contributed by atoms with van der Waals surface area (Å²) in [5, 5.41) is 5.12. The molecule has 25 heavy (non-hydrogen) atoms. The number of nitrogens with one attached hydrogen (secondary N) is 2. The number of rotatable bonds is 5. The molecule has 0 heterocycles. The molecule has 0 radical (unpaired) electrons. The summed E-state index contributed by atoms with van der Waals surface area (Å²) in [6.07, 6.45) is 0. The first-order valence-corrected chi connectivity index (χ1v) is 8.28. The van der Waals surface area contributed by atoms with Gasteiger partial charge in [0.1, 0.15) is 0 Å². The fraction of sp³-hybridized carbons (Fsp3) is 0.263. The molecule has 2 aromatic carbocycles. The van der Waals surface area contributed by atoms with Crippen molar-refractivity contribution in [2.24, 2.45) is 0 Å². The van der Waals surface area contributed by atoms with E-state index in [1.165, 1.54) is 0 Å². The lowest BCUT2D eigenvalue weighted by Gasteiger charge is -2.21. The Balaban J connectivity index is 2.01. The van der Waals surface area contributed by atoms with Crippen LogP contribution in [0.25, 0.3) is 0 Å². The van der Waals surface area contributed by atoms with E-state index in [-0.39, 0.29) is 0 Å². The number of nitrogen functional groups attached to an aromatic ring is 1. The number of hydrogen-bond acceptors (Lipinski definition) is 4. The maximum Gasteiger partial charge on any atom is 0.314 e. The van der Waals surface area contributed by atoms with Crippen LogP contribution in [0.3, 0.4) is 0 Å². The number of carbonyl (C=O) groups excluding carboxylic acids is 2. The van der Waals surface area contributed by atoms with E-state index in [1.807, 2.05) is 25.1 Å². The quantitative estimate of drug-likeness (QED) is 0.577. The van der Waals surface area contributed by atoms with Crippen LogP contribution in [0.1, 0.15) is 19.4 Å². The summed E-state index contributed by atoms with van der Waals surface area (Å²) in [5.74, 6) is -1.50.